The molecule has 0 radical (unpaired) electrons. The molecule has 0 saturated heterocycles. The Bertz CT molecular complexity index is 1160. The van der Waals surface area contributed by atoms with Crippen molar-refractivity contribution in [3.63, 3.8) is 0 Å². The van der Waals surface area contributed by atoms with E-state index in [0.717, 1.165) is 31.2 Å². The summed E-state index contributed by atoms with van der Waals surface area (Å²) in [5.74, 6) is -0.434. The Kier molecular flexibility index (Phi) is 5.27. The highest BCUT2D eigenvalue weighted by Gasteiger charge is 2.26. The van der Waals surface area contributed by atoms with Crippen LogP contribution in [0.5, 0.6) is 0 Å². The van der Waals surface area contributed by atoms with Crippen LogP contribution in [0.4, 0.5) is 5.69 Å². The van der Waals surface area contributed by atoms with Gasteiger partial charge in [0.2, 0.25) is 5.91 Å². The Morgan fingerprint density at radius 3 is 2.83 bits per heavy atom. The number of benzene rings is 1. The highest BCUT2D eigenvalue weighted by atomic mass is 32.1. The molecule has 3 aromatic rings. The van der Waals surface area contributed by atoms with Crippen LogP contribution in [0, 0.1) is 0 Å². The quantitative estimate of drug-likeness (QED) is 0.650. The van der Waals surface area contributed by atoms with Crippen LogP contribution in [0.15, 0.2) is 29.1 Å². The number of amides is 1. The van der Waals surface area contributed by atoms with Crippen LogP contribution >= 0.6 is 11.3 Å². The number of rotatable bonds is 5. The normalized spacial score (nSPS) is 14.4. The minimum Gasteiger partial charge on any atom is -0.324 e. The van der Waals surface area contributed by atoms with Gasteiger partial charge in [-0.05, 0) is 56.7 Å². The van der Waals surface area contributed by atoms with Crippen LogP contribution in [0.2, 0.25) is 0 Å². The lowest BCUT2D eigenvalue weighted by atomic mass is 9.97. The van der Waals surface area contributed by atoms with Gasteiger partial charge < -0.3 is 5.32 Å². The maximum absolute atomic E-state index is 13.2. The van der Waals surface area contributed by atoms with Crippen molar-refractivity contribution in [2.45, 2.75) is 52.0 Å². The Hall–Kier alpha value is -2.87. The lowest BCUT2D eigenvalue weighted by molar-refractivity contribution is -0.119. The second-order valence-corrected chi connectivity index (χ2v) is 8.36. The number of hydrogen-bond donors (Lipinski definition) is 1. The standard InChI is InChI=1S/C21H22N4O3S/c1-3-16(19(27)22-14-8-6-7-13(11-14)12(2)26)25-21(28)18-15-9-4-5-10-17(15)29-20(18)23-24-25/h6-8,11,16H,3-5,9-10H2,1-2H3,(H,22,27). The molecule has 1 aliphatic carbocycles. The van der Waals surface area contributed by atoms with Crippen LogP contribution in [0.25, 0.3) is 10.2 Å². The van der Waals surface area contributed by atoms with Gasteiger partial charge in [-0.15, -0.1) is 16.4 Å². The zero-order valence-electron chi connectivity index (χ0n) is 16.4. The number of aromatic nitrogens is 3. The number of Topliss-reactive ketones (excluding diaryl/α,β-unsaturated/α-hetero) is 1. The van der Waals surface area contributed by atoms with E-state index in [2.05, 4.69) is 15.6 Å². The molecule has 0 fully saturated rings. The number of aryl methyl sites for hydroxylation is 2. The smallest absolute Gasteiger partial charge is 0.279 e. The zero-order chi connectivity index (χ0) is 20.5. The third-order valence-electron chi connectivity index (χ3n) is 5.33. The summed E-state index contributed by atoms with van der Waals surface area (Å²) in [4.78, 5) is 39.6. The molecule has 7 nitrogen and oxygen atoms in total. The average Bonchev–Trinajstić information content (AvgIpc) is 3.09. The first-order valence-electron chi connectivity index (χ1n) is 9.81. The molecule has 1 aliphatic rings. The molecular weight excluding hydrogens is 388 g/mol. The summed E-state index contributed by atoms with van der Waals surface area (Å²) >= 11 is 1.54. The van der Waals surface area contributed by atoms with Crippen molar-refractivity contribution >= 4 is 38.9 Å². The van der Waals surface area contributed by atoms with Gasteiger partial charge in [0.15, 0.2) is 10.6 Å². The predicted molar refractivity (Wildman–Crippen MR) is 113 cm³/mol. The van der Waals surface area contributed by atoms with E-state index < -0.39 is 6.04 Å². The summed E-state index contributed by atoms with van der Waals surface area (Å²) in [6.07, 6.45) is 4.42. The zero-order valence-corrected chi connectivity index (χ0v) is 17.2. The van der Waals surface area contributed by atoms with Gasteiger partial charge in [0, 0.05) is 16.1 Å². The number of fused-ring (bicyclic) bond motifs is 3. The molecule has 1 amide bonds. The van der Waals surface area contributed by atoms with Gasteiger partial charge in [-0.1, -0.05) is 24.3 Å². The van der Waals surface area contributed by atoms with E-state index in [1.165, 1.54) is 27.8 Å². The molecule has 2 heterocycles. The Labute approximate surface area is 171 Å². The largest absolute Gasteiger partial charge is 0.324 e. The molecule has 1 N–H and O–H groups in total. The van der Waals surface area contributed by atoms with Gasteiger partial charge in [-0.3, -0.25) is 14.4 Å². The molecule has 4 rings (SSSR count). The molecule has 0 saturated carbocycles. The number of carbonyl (C=O) groups excluding carboxylic acids is 2. The van der Waals surface area contributed by atoms with E-state index in [9.17, 15) is 14.4 Å². The van der Waals surface area contributed by atoms with E-state index in [0.29, 0.717) is 27.9 Å². The predicted octanol–water partition coefficient (Wildman–Crippen LogP) is 3.52. The number of carbonyl (C=O) groups is 2. The van der Waals surface area contributed by atoms with Crippen LogP contribution < -0.4 is 10.9 Å². The maximum Gasteiger partial charge on any atom is 0.279 e. The van der Waals surface area contributed by atoms with Crippen LogP contribution in [0.3, 0.4) is 0 Å². The fourth-order valence-corrected chi connectivity index (χ4v) is 5.00. The third-order valence-corrected chi connectivity index (χ3v) is 6.50. The van der Waals surface area contributed by atoms with E-state index in [4.69, 9.17) is 0 Å². The SMILES string of the molecule is CCC(C(=O)Nc1cccc(C(C)=O)c1)n1nnc2sc3c(c2c1=O)CCCC3. The first kappa shape index (κ1) is 19.4. The number of hydrogen-bond acceptors (Lipinski definition) is 6. The fourth-order valence-electron chi connectivity index (χ4n) is 3.80. The molecule has 1 unspecified atom stereocenters. The fraction of sp³-hybridized carbons (Fsp3) is 0.381. The number of nitrogens with one attached hydrogen (secondary N) is 1. The van der Waals surface area contributed by atoms with Crippen molar-refractivity contribution in [2.24, 2.45) is 0 Å². The molecular formula is C21H22N4O3S. The summed E-state index contributed by atoms with van der Waals surface area (Å²) in [6, 6.07) is 5.96. The van der Waals surface area contributed by atoms with Crippen molar-refractivity contribution in [2.75, 3.05) is 5.32 Å². The topological polar surface area (TPSA) is 93.9 Å². The van der Waals surface area contributed by atoms with Crippen molar-refractivity contribution in [1.82, 2.24) is 15.0 Å². The summed E-state index contributed by atoms with van der Waals surface area (Å²) in [7, 11) is 0. The maximum atomic E-state index is 13.2. The first-order valence-corrected chi connectivity index (χ1v) is 10.6. The number of ketones is 1. The van der Waals surface area contributed by atoms with E-state index in [-0.39, 0.29) is 17.2 Å². The van der Waals surface area contributed by atoms with Crippen LogP contribution in [-0.2, 0) is 17.6 Å². The molecule has 1 atom stereocenters. The second kappa shape index (κ2) is 7.87. The molecule has 150 valence electrons. The minimum absolute atomic E-state index is 0.0806. The van der Waals surface area contributed by atoms with E-state index in [1.54, 1.807) is 24.3 Å². The second-order valence-electron chi connectivity index (χ2n) is 7.28. The molecule has 1 aromatic carbocycles. The van der Waals surface area contributed by atoms with Gasteiger partial charge in [0.1, 0.15) is 6.04 Å². The number of thiophene rings is 1. The Balaban J connectivity index is 1.68. The summed E-state index contributed by atoms with van der Waals surface area (Å²) < 4.78 is 1.20. The molecule has 2 aromatic heterocycles. The van der Waals surface area contributed by atoms with Gasteiger partial charge in [0.25, 0.3) is 5.56 Å². The summed E-state index contributed by atoms with van der Waals surface area (Å²) in [5.41, 5.74) is 1.85. The number of nitrogens with zero attached hydrogens (tertiary/aromatic N) is 3. The molecule has 0 aliphatic heterocycles. The van der Waals surface area contributed by atoms with Crippen molar-refractivity contribution in [3.05, 3.63) is 50.6 Å². The number of anilines is 1. The molecule has 29 heavy (non-hydrogen) atoms. The van der Waals surface area contributed by atoms with Gasteiger partial charge in [-0.2, -0.15) is 4.68 Å². The average molecular weight is 410 g/mol. The molecule has 0 bridgehead atoms. The Morgan fingerprint density at radius 2 is 2.07 bits per heavy atom. The van der Waals surface area contributed by atoms with Crippen LogP contribution in [0.1, 0.15) is 60.0 Å². The highest BCUT2D eigenvalue weighted by molar-refractivity contribution is 7.18. The van der Waals surface area contributed by atoms with Crippen LogP contribution in [-0.4, -0.2) is 26.7 Å². The van der Waals surface area contributed by atoms with Crippen molar-refractivity contribution in [1.29, 1.82) is 0 Å². The Morgan fingerprint density at radius 1 is 1.28 bits per heavy atom. The summed E-state index contributed by atoms with van der Waals surface area (Å²) in [6.45, 7) is 3.30. The first-order chi connectivity index (χ1) is 14.0. The third kappa shape index (κ3) is 3.60. The van der Waals surface area contributed by atoms with Gasteiger partial charge >= 0.3 is 0 Å². The van der Waals surface area contributed by atoms with Crippen molar-refractivity contribution in [3.8, 4) is 0 Å². The van der Waals surface area contributed by atoms with Gasteiger partial charge in [-0.25, -0.2) is 0 Å². The van der Waals surface area contributed by atoms with E-state index >= 15 is 0 Å². The van der Waals surface area contributed by atoms with Crippen molar-refractivity contribution < 1.29 is 9.59 Å². The highest BCUT2D eigenvalue weighted by Crippen LogP contribution is 2.33. The monoisotopic (exact) mass is 410 g/mol. The molecule has 8 heteroatoms. The van der Waals surface area contributed by atoms with E-state index in [1.807, 2.05) is 6.92 Å². The lowest BCUT2D eigenvalue weighted by Gasteiger charge is -2.16. The molecule has 0 spiro atoms. The summed E-state index contributed by atoms with van der Waals surface area (Å²) in [5, 5.41) is 11.7. The minimum atomic E-state index is -0.778. The van der Waals surface area contributed by atoms with Gasteiger partial charge in [0.05, 0.1) is 5.39 Å². The lowest BCUT2D eigenvalue weighted by Crippen LogP contribution is -2.35.